The van der Waals surface area contributed by atoms with Crippen LogP contribution in [0.5, 0.6) is 0 Å². The van der Waals surface area contributed by atoms with Gasteiger partial charge in [-0.2, -0.15) is 0 Å². The molecule has 0 amide bonds. The van der Waals surface area contributed by atoms with Crippen LogP contribution in [0, 0.1) is 0 Å². The van der Waals surface area contributed by atoms with Gasteiger partial charge in [0, 0.05) is 17.1 Å². The summed E-state index contributed by atoms with van der Waals surface area (Å²) in [7, 11) is 0. The van der Waals surface area contributed by atoms with Crippen LogP contribution >= 0.6 is 0 Å². The van der Waals surface area contributed by atoms with E-state index in [4.69, 9.17) is 0 Å². The van der Waals surface area contributed by atoms with Gasteiger partial charge in [-0.1, -0.05) is 182 Å². The minimum Gasteiger partial charge on any atom is -0.310 e. The van der Waals surface area contributed by atoms with Crippen LogP contribution in [-0.4, -0.2) is 0 Å². The van der Waals surface area contributed by atoms with Crippen molar-refractivity contribution in [2.45, 2.75) is 0 Å². The Morgan fingerprint density at radius 2 is 0.673 bits per heavy atom. The Hall–Kier alpha value is -7.22. The molecule has 0 aliphatic heterocycles. The van der Waals surface area contributed by atoms with Crippen molar-refractivity contribution in [3.63, 3.8) is 0 Å². The first kappa shape index (κ1) is 32.4. The number of nitrogens with zero attached hydrogens (tertiary/aromatic N) is 1. The van der Waals surface area contributed by atoms with Crippen LogP contribution in [0.3, 0.4) is 0 Å². The van der Waals surface area contributed by atoms with Crippen molar-refractivity contribution in [2.75, 3.05) is 4.90 Å². The first-order valence-electron chi connectivity index (χ1n) is 18.9. The smallest absolute Gasteiger partial charge is 0.0468 e. The fourth-order valence-corrected chi connectivity index (χ4v) is 8.01. The van der Waals surface area contributed by atoms with Crippen LogP contribution in [0.1, 0.15) is 0 Å². The largest absolute Gasteiger partial charge is 0.310 e. The van der Waals surface area contributed by atoms with E-state index in [1.165, 1.54) is 76.8 Å². The molecule has 0 saturated heterocycles. The zero-order valence-corrected chi connectivity index (χ0v) is 30.3. The Bertz CT molecular complexity index is 2940. The quantitative estimate of drug-likeness (QED) is 0.160. The molecular formula is C54H37N. The summed E-state index contributed by atoms with van der Waals surface area (Å²) in [4.78, 5) is 2.36. The van der Waals surface area contributed by atoms with Crippen molar-refractivity contribution in [2.24, 2.45) is 0 Å². The Balaban J connectivity index is 1.01. The number of fused-ring (bicyclic) bond motifs is 3. The lowest BCUT2D eigenvalue weighted by molar-refractivity contribution is 1.29. The van der Waals surface area contributed by atoms with Crippen LogP contribution in [0.15, 0.2) is 224 Å². The highest BCUT2D eigenvalue weighted by Crippen LogP contribution is 2.41. The van der Waals surface area contributed by atoms with Crippen LogP contribution < -0.4 is 4.90 Å². The second-order valence-electron chi connectivity index (χ2n) is 14.2. The maximum absolute atomic E-state index is 2.36. The maximum Gasteiger partial charge on any atom is 0.0468 e. The molecule has 0 fully saturated rings. The fraction of sp³-hybridized carbons (Fsp3) is 0. The van der Waals surface area contributed by atoms with Gasteiger partial charge in [0.15, 0.2) is 0 Å². The van der Waals surface area contributed by atoms with Gasteiger partial charge in [-0.05, 0) is 119 Å². The summed E-state index contributed by atoms with van der Waals surface area (Å²) in [6, 6.07) is 81.4. The molecule has 1 heteroatoms. The van der Waals surface area contributed by atoms with Gasteiger partial charge in [0.25, 0.3) is 0 Å². The maximum atomic E-state index is 2.36. The molecule has 0 heterocycles. The number of anilines is 3. The molecule has 0 aliphatic rings. The predicted molar refractivity (Wildman–Crippen MR) is 235 cm³/mol. The molecule has 55 heavy (non-hydrogen) atoms. The third-order valence-corrected chi connectivity index (χ3v) is 10.8. The van der Waals surface area contributed by atoms with E-state index in [0.29, 0.717) is 0 Å². The fourth-order valence-electron chi connectivity index (χ4n) is 8.01. The molecule has 1 nitrogen and oxygen atoms in total. The molecule has 10 rings (SSSR count). The van der Waals surface area contributed by atoms with Crippen molar-refractivity contribution in [1.29, 1.82) is 0 Å². The van der Waals surface area contributed by atoms with Gasteiger partial charge in [0.1, 0.15) is 0 Å². The van der Waals surface area contributed by atoms with Gasteiger partial charge >= 0.3 is 0 Å². The number of hydrogen-bond acceptors (Lipinski definition) is 1. The average molecular weight is 700 g/mol. The highest BCUT2D eigenvalue weighted by atomic mass is 15.1. The first-order valence-corrected chi connectivity index (χ1v) is 18.9. The van der Waals surface area contributed by atoms with E-state index in [2.05, 4.69) is 229 Å². The normalized spacial score (nSPS) is 11.3. The molecule has 10 aromatic rings. The molecule has 0 spiro atoms. The molecule has 0 N–H and O–H groups in total. The zero-order valence-electron chi connectivity index (χ0n) is 30.3. The topological polar surface area (TPSA) is 3.24 Å². The van der Waals surface area contributed by atoms with E-state index in [-0.39, 0.29) is 0 Å². The molecule has 0 bridgehead atoms. The van der Waals surface area contributed by atoms with Crippen LogP contribution in [0.25, 0.3) is 76.8 Å². The Morgan fingerprint density at radius 3 is 1.33 bits per heavy atom. The Labute approximate surface area is 322 Å². The zero-order chi connectivity index (χ0) is 36.6. The highest BCUT2D eigenvalue weighted by Gasteiger charge is 2.16. The third kappa shape index (κ3) is 6.22. The second-order valence-corrected chi connectivity index (χ2v) is 14.2. The van der Waals surface area contributed by atoms with Crippen molar-refractivity contribution < 1.29 is 0 Å². The minimum atomic E-state index is 1.11. The summed E-state index contributed by atoms with van der Waals surface area (Å²) < 4.78 is 0. The lowest BCUT2D eigenvalue weighted by Crippen LogP contribution is -2.09. The average Bonchev–Trinajstić information content (AvgIpc) is 3.27. The number of hydrogen-bond donors (Lipinski definition) is 0. The van der Waals surface area contributed by atoms with E-state index < -0.39 is 0 Å². The molecule has 0 saturated carbocycles. The van der Waals surface area contributed by atoms with Gasteiger partial charge in [-0.15, -0.1) is 0 Å². The Morgan fingerprint density at radius 1 is 0.236 bits per heavy atom. The van der Waals surface area contributed by atoms with Gasteiger partial charge < -0.3 is 4.90 Å². The van der Waals surface area contributed by atoms with E-state index >= 15 is 0 Å². The third-order valence-electron chi connectivity index (χ3n) is 10.8. The van der Waals surface area contributed by atoms with Crippen LogP contribution in [0.2, 0.25) is 0 Å². The van der Waals surface area contributed by atoms with Gasteiger partial charge in [0.05, 0.1) is 0 Å². The van der Waals surface area contributed by atoms with Crippen molar-refractivity contribution in [3.8, 4) is 44.5 Å². The number of rotatable bonds is 7. The van der Waals surface area contributed by atoms with Crippen molar-refractivity contribution in [1.82, 2.24) is 0 Å². The molecule has 258 valence electrons. The van der Waals surface area contributed by atoms with E-state index in [1.807, 2.05) is 0 Å². The lowest BCUT2D eigenvalue weighted by atomic mass is 9.90. The Kier molecular flexibility index (Phi) is 8.24. The molecule has 0 atom stereocenters. The molecular weight excluding hydrogens is 663 g/mol. The SMILES string of the molecule is c1ccc(-c2c(-c3ccc(N(c4ccc(-c5ccc(-c6ccc7ccccc7c6)cc5)cc4)c4ccc5ccccc5c4)cc3)ccc3ccccc23)cc1. The first-order chi connectivity index (χ1) is 27.2. The van der Waals surface area contributed by atoms with Crippen LogP contribution in [-0.2, 0) is 0 Å². The molecule has 0 radical (unpaired) electrons. The second kappa shape index (κ2) is 14.0. The molecule has 0 aliphatic carbocycles. The van der Waals surface area contributed by atoms with E-state index in [0.717, 1.165) is 17.1 Å². The van der Waals surface area contributed by atoms with Gasteiger partial charge in [-0.3, -0.25) is 0 Å². The minimum absolute atomic E-state index is 1.11. The summed E-state index contributed by atoms with van der Waals surface area (Å²) >= 11 is 0. The monoisotopic (exact) mass is 699 g/mol. The molecule has 0 aromatic heterocycles. The van der Waals surface area contributed by atoms with E-state index in [1.54, 1.807) is 0 Å². The summed E-state index contributed by atoms with van der Waals surface area (Å²) in [5, 5.41) is 7.47. The van der Waals surface area contributed by atoms with Crippen LogP contribution in [0.4, 0.5) is 17.1 Å². The highest BCUT2D eigenvalue weighted by molar-refractivity contribution is 6.04. The lowest BCUT2D eigenvalue weighted by Gasteiger charge is -2.26. The standard InChI is InChI=1S/C54H37N/c1-2-13-45(14-3-1)54-52-17-9-8-12-43(52)29-35-53(54)44-27-32-50(33-28-44)55(51-34-26-39-11-5-7-16-47(39)37-51)49-30-24-41(25-31-49)40-18-20-42(21-19-40)48-23-22-38-10-4-6-15-46(38)36-48/h1-37H. The van der Waals surface area contributed by atoms with Gasteiger partial charge in [0.2, 0.25) is 0 Å². The van der Waals surface area contributed by atoms with Crippen molar-refractivity contribution in [3.05, 3.63) is 224 Å². The molecule has 0 unspecified atom stereocenters. The number of benzene rings is 10. The van der Waals surface area contributed by atoms with Crippen molar-refractivity contribution >= 4 is 49.4 Å². The predicted octanol–water partition coefficient (Wildman–Crippen LogP) is 15.3. The summed E-state index contributed by atoms with van der Waals surface area (Å²) in [6.45, 7) is 0. The molecule has 10 aromatic carbocycles. The summed E-state index contributed by atoms with van der Waals surface area (Å²) in [5.74, 6) is 0. The summed E-state index contributed by atoms with van der Waals surface area (Å²) in [6.07, 6.45) is 0. The van der Waals surface area contributed by atoms with Gasteiger partial charge in [-0.25, -0.2) is 0 Å². The summed E-state index contributed by atoms with van der Waals surface area (Å²) in [5.41, 5.74) is 13.1. The van der Waals surface area contributed by atoms with E-state index in [9.17, 15) is 0 Å².